The number of phenols is 1. The summed E-state index contributed by atoms with van der Waals surface area (Å²) in [4.78, 5) is 2.54. The van der Waals surface area contributed by atoms with Gasteiger partial charge in [-0.25, -0.2) is 0 Å². The third-order valence-electron chi connectivity index (χ3n) is 5.30. The Balaban J connectivity index is 1.95. The lowest BCUT2D eigenvalue weighted by atomic mass is 9.98. The van der Waals surface area contributed by atoms with Gasteiger partial charge in [0.1, 0.15) is 5.75 Å². The summed E-state index contributed by atoms with van der Waals surface area (Å²) < 4.78 is 10.8. The summed E-state index contributed by atoms with van der Waals surface area (Å²) in [5.41, 5.74) is 3.43. The molecule has 0 spiro atoms. The Morgan fingerprint density at radius 3 is 2.48 bits per heavy atom. The number of piperidine rings is 1. The maximum Gasteiger partial charge on any atom is 0.161 e. The molecule has 0 amide bonds. The third-order valence-corrected chi connectivity index (χ3v) is 5.30. The fourth-order valence-electron chi connectivity index (χ4n) is 3.65. The quantitative estimate of drug-likeness (QED) is 0.743. The highest BCUT2D eigenvalue weighted by Gasteiger charge is 2.19. The van der Waals surface area contributed by atoms with Crippen molar-refractivity contribution in [3.63, 3.8) is 0 Å². The topological polar surface area (TPSA) is 41.9 Å². The highest BCUT2D eigenvalue weighted by molar-refractivity contribution is 5.83. The lowest BCUT2D eigenvalue weighted by molar-refractivity contribution is 0.182. The van der Waals surface area contributed by atoms with Crippen LogP contribution in [0, 0.1) is 0 Å². The van der Waals surface area contributed by atoms with E-state index in [4.69, 9.17) is 9.47 Å². The average Bonchev–Trinajstić information content (AvgIpc) is 2.69. The number of ether oxygens (including phenoxy) is 2. The van der Waals surface area contributed by atoms with Gasteiger partial charge in [0.15, 0.2) is 11.5 Å². The van der Waals surface area contributed by atoms with Crippen LogP contribution in [0.25, 0.3) is 11.6 Å². The van der Waals surface area contributed by atoms with Gasteiger partial charge in [0.25, 0.3) is 0 Å². The number of methoxy groups -OCH3 is 2. The second-order valence-corrected chi connectivity index (χ2v) is 7.15. The summed E-state index contributed by atoms with van der Waals surface area (Å²) in [6, 6.07) is 14.0. The largest absolute Gasteiger partial charge is 0.508 e. The molecule has 27 heavy (non-hydrogen) atoms. The van der Waals surface area contributed by atoms with E-state index in [1.54, 1.807) is 26.4 Å². The van der Waals surface area contributed by atoms with E-state index in [0.717, 1.165) is 35.7 Å². The van der Waals surface area contributed by atoms with Crippen molar-refractivity contribution < 1.29 is 14.6 Å². The van der Waals surface area contributed by atoms with Crippen LogP contribution < -0.4 is 9.47 Å². The Labute approximate surface area is 162 Å². The smallest absolute Gasteiger partial charge is 0.161 e. The molecule has 0 aliphatic carbocycles. The fraction of sp³-hybridized carbons (Fsp3) is 0.391. The molecule has 2 aromatic rings. The molecular formula is C23H29NO3. The zero-order chi connectivity index (χ0) is 19.2. The molecule has 0 bridgehead atoms. The normalized spacial score (nSPS) is 18.3. The maximum absolute atomic E-state index is 9.66. The Bertz CT molecular complexity index is 783. The molecule has 0 saturated carbocycles. The van der Waals surface area contributed by atoms with Crippen LogP contribution in [0.1, 0.15) is 37.3 Å². The number of hydrogen-bond acceptors (Lipinski definition) is 4. The monoisotopic (exact) mass is 367 g/mol. The standard InChI is InChI=1S/C23H29NO3/c1-17-6-4-5-13-24(17)16-20(19-8-10-21(25)11-9-19)14-18-7-12-22(26-2)23(15-18)27-3/h7-12,14-15,17,25H,4-6,13,16H2,1-3H3/b20-14-/t17-/m1/s1. The minimum Gasteiger partial charge on any atom is -0.508 e. The summed E-state index contributed by atoms with van der Waals surface area (Å²) in [6.07, 6.45) is 6.02. The van der Waals surface area contributed by atoms with Crippen LogP contribution in [0.3, 0.4) is 0 Å². The number of likely N-dealkylation sites (tertiary alicyclic amines) is 1. The van der Waals surface area contributed by atoms with Crippen molar-refractivity contribution in [1.29, 1.82) is 0 Å². The predicted octanol–water partition coefficient (Wildman–Crippen LogP) is 4.82. The van der Waals surface area contributed by atoms with Gasteiger partial charge in [-0.05, 0) is 73.4 Å². The highest BCUT2D eigenvalue weighted by Crippen LogP contribution is 2.30. The van der Waals surface area contributed by atoms with E-state index in [2.05, 4.69) is 17.9 Å². The number of aromatic hydroxyl groups is 1. The second-order valence-electron chi connectivity index (χ2n) is 7.15. The van der Waals surface area contributed by atoms with E-state index in [-0.39, 0.29) is 5.75 Å². The van der Waals surface area contributed by atoms with Crippen molar-refractivity contribution in [2.45, 2.75) is 32.2 Å². The van der Waals surface area contributed by atoms with E-state index >= 15 is 0 Å². The first-order valence-electron chi connectivity index (χ1n) is 9.56. The Hall–Kier alpha value is -2.46. The first-order chi connectivity index (χ1) is 13.1. The zero-order valence-electron chi connectivity index (χ0n) is 16.4. The van der Waals surface area contributed by atoms with Crippen LogP contribution in [0.5, 0.6) is 17.2 Å². The molecule has 0 unspecified atom stereocenters. The molecule has 3 rings (SSSR count). The molecule has 4 nitrogen and oxygen atoms in total. The maximum atomic E-state index is 9.66. The van der Waals surface area contributed by atoms with Crippen molar-refractivity contribution in [1.82, 2.24) is 4.90 Å². The van der Waals surface area contributed by atoms with E-state index < -0.39 is 0 Å². The number of nitrogens with zero attached hydrogens (tertiary/aromatic N) is 1. The van der Waals surface area contributed by atoms with Gasteiger partial charge in [0.05, 0.1) is 14.2 Å². The number of benzene rings is 2. The lowest BCUT2D eigenvalue weighted by Crippen LogP contribution is -2.38. The molecule has 1 aliphatic rings. The molecule has 1 atom stereocenters. The summed E-state index contributed by atoms with van der Waals surface area (Å²) >= 11 is 0. The molecule has 144 valence electrons. The molecule has 1 fully saturated rings. The average molecular weight is 367 g/mol. The van der Waals surface area contributed by atoms with Gasteiger partial charge in [-0.1, -0.05) is 24.6 Å². The highest BCUT2D eigenvalue weighted by atomic mass is 16.5. The van der Waals surface area contributed by atoms with Gasteiger partial charge in [-0.3, -0.25) is 4.90 Å². The molecule has 2 aromatic carbocycles. The Morgan fingerprint density at radius 1 is 1.07 bits per heavy atom. The van der Waals surface area contributed by atoms with Gasteiger partial charge in [-0.15, -0.1) is 0 Å². The minimum absolute atomic E-state index is 0.288. The first kappa shape index (κ1) is 19.3. The summed E-state index contributed by atoms with van der Waals surface area (Å²) in [5.74, 6) is 1.74. The zero-order valence-corrected chi connectivity index (χ0v) is 16.4. The molecule has 1 aliphatic heterocycles. The van der Waals surface area contributed by atoms with Crippen molar-refractivity contribution in [2.24, 2.45) is 0 Å². The Morgan fingerprint density at radius 2 is 1.81 bits per heavy atom. The van der Waals surface area contributed by atoms with Crippen molar-refractivity contribution in [2.75, 3.05) is 27.3 Å². The van der Waals surface area contributed by atoms with Gasteiger partial charge in [-0.2, -0.15) is 0 Å². The molecule has 1 N–H and O–H groups in total. The van der Waals surface area contributed by atoms with Crippen LogP contribution >= 0.6 is 0 Å². The van der Waals surface area contributed by atoms with E-state index in [1.807, 2.05) is 30.3 Å². The minimum atomic E-state index is 0.288. The van der Waals surface area contributed by atoms with Crippen LogP contribution in [-0.4, -0.2) is 43.4 Å². The molecule has 0 aromatic heterocycles. The summed E-state index contributed by atoms with van der Waals surface area (Å²) in [6.45, 7) is 4.33. The number of hydrogen-bond donors (Lipinski definition) is 1. The molecule has 1 saturated heterocycles. The van der Waals surface area contributed by atoms with Crippen LogP contribution in [0.2, 0.25) is 0 Å². The third kappa shape index (κ3) is 4.83. The van der Waals surface area contributed by atoms with Crippen molar-refractivity contribution >= 4 is 11.6 Å². The van der Waals surface area contributed by atoms with E-state index in [1.165, 1.54) is 24.8 Å². The lowest BCUT2D eigenvalue weighted by Gasteiger charge is -2.34. The molecule has 0 radical (unpaired) electrons. The summed E-state index contributed by atoms with van der Waals surface area (Å²) in [7, 11) is 3.30. The van der Waals surface area contributed by atoms with Crippen molar-refractivity contribution in [3.05, 3.63) is 53.6 Å². The Kier molecular flexibility index (Phi) is 6.40. The SMILES string of the molecule is COc1ccc(/C=C(/CN2CCCC[C@H]2C)c2ccc(O)cc2)cc1OC. The number of phenolic OH excluding ortho intramolecular Hbond substituents is 1. The van der Waals surface area contributed by atoms with Gasteiger partial charge >= 0.3 is 0 Å². The van der Waals surface area contributed by atoms with Crippen LogP contribution in [-0.2, 0) is 0 Å². The molecule has 4 heteroatoms. The van der Waals surface area contributed by atoms with E-state index in [9.17, 15) is 5.11 Å². The second kappa shape index (κ2) is 8.96. The first-order valence-corrected chi connectivity index (χ1v) is 9.56. The van der Waals surface area contributed by atoms with E-state index in [0.29, 0.717) is 6.04 Å². The van der Waals surface area contributed by atoms with Gasteiger partial charge in [0.2, 0.25) is 0 Å². The van der Waals surface area contributed by atoms with Crippen molar-refractivity contribution in [3.8, 4) is 17.2 Å². The predicted molar refractivity (Wildman–Crippen MR) is 110 cm³/mol. The summed E-state index contributed by atoms with van der Waals surface area (Å²) in [5, 5.41) is 9.66. The van der Waals surface area contributed by atoms with Crippen LogP contribution in [0.15, 0.2) is 42.5 Å². The molecule has 1 heterocycles. The van der Waals surface area contributed by atoms with Gasteiger partial charge in [0, 0.05) is 12.6 Å². The van der Waals surface area contributed by atoms with Crippen LogP contribution in [0.4, 0.5) is 0 Å². The molecular weight excluding hydrogens is 338 g/mol. The fourth-order valence-corrected chi connectivity index (χ4v) is 3.65. The number of rotatable bonds is 6. The van der Waals surface area contributed by atoms with Gasteiger partial charge < -0.3 is 14.6 Å².